The van der Waals surface area contributed by atoms with Gasteiger partial charge in [0.25, 0.3) is 0 Å². The highest BCUT2D eigenvalue weighted by molar-refractivity contribution is 5.24. The van der Waals surface area contributed by atoms with E-state index in [2.05, 4.69) is 13.8 Å². The summed E-state index contributed by atoms with van der Waals surface area (Å²) in [6.07, 6.45) is 0.748. The molecular weight excluding hydrogens is 167 g/mol. The van der Waals surface area contributed by atoms with Crippen molar-refractivity contribution >= 4 is 0 Å². The van der Waals surface area contributed by atoms with Crippen LogP contribution in [0.15, 0.2) is 18.2 Å². The molecule has 0 amide bonds. The van der Waals surface area contributed by atoms with Gasteiger partial charge in [-0.15, -0.1) is 0 Å². The van der Waals surface area contributed by atoms with Crippen LogP contribution in [-0.4, -0.2) is 5.11 Å². The fourth-order valence-corrected chi connectivity index (χ4v) is 1.29. The van der Waals surface area contributed by atoms with Crippen LogP contribution < -0.4 is 0 Å². The Kier molecular flexibility index (Phi) is 3.43. The van der Waals surface area contributed by atoms with Crippen molar-refractivity contribution in [3.63, 3.8) is 0 Å². The smallest absolute Gasteiger partial charge is 0.126 e. The molecule has 0 atom stereocenters. The average molecular weight is 182 g/mol. The first-order chi connectivity index (χ1) is 6.13. The van der Waals surface area contributed by atoms with E-state index in [1.165, 1.54) is 6.07 Å². The molecule has 1 N–H and O–H groups in total. The van der Waals surface area contributed by atoms with Crippen LogP contribution in [0.2, 0.25) is 0 Å². The molecule has 0 saturated carbocycles. The lowest BCUT2D eigenvalue weighted by molar-refractivity contribution is 0.281. The van der Waals surface area contributed by atoms with E-state index in [1.54, 1.807) is 12.1 Å². The van der Waals surface area contributed by atoms with Crippen LogP contribution >= 0.6 is 0 Å². The molecule has 0 fully saturated rings. The van der Waals surface area contributed by atoms with Gasteiger partial charge in [-0.25, -0.2) is 4.39 Å². The zero-order valence-corrected chi connectivity index (χ0v) is 8.05. The van der Waals surface area contributed by atoms with Gasteiger partial charge in [-0.3, -0.25) is 0 Å². The van der Waals surface area contributed by atoms with Crippen molar-refractivity contribution in [3.05, 3.63) is 35.1 Å². The summed E-state index contributed by atoms with van der Waals surface area (Å²) in [6.45, 7) is 4.01. The minimum absolute atomic E-state index is 0.0983. The molecule has 2 heteroatoms. The Morgan fingerprint density at radius 3 is 2.54 bits per heavy atom. The summed E-state index contributed by atoms with van der Waals surface area (Å²) in [5, 5.41) is 8.77. The molecule has 1 aromatic carbocycles. The third kappa shape index (κ3) is 2.81. The van der Waals surface area contributed by atoms with E-state index in [0.29, 0.717) is 11.5 Å². The van der Waals surface area contributed by atoms with Gasteiger partial charge >= 0.3 is 0 Å². The van der Waals surface area contributed by atoms with E-state index in [4.69, 9.17) is 5.11 Å². The van der Waals surface area contributed by atoms with Gasteiger partial charge in [0.2, 0.25) is 0 Å². The van der Waals surface area contributed by atoms with Crippen molar-refractivity contribution in [2.24, 2.45) is 5.92 Å². The van der Waals surface area contributed by atoms with E-state index in [0.717, 1.165) is 12.0 Å². The highest BCUT2D eigenvalue weighted by Crippen LogP contribution is 2.14. The third-order valence-corrected chi connectivity index (χ3v) is 1.93. The predicted molar refractivity (Wildman–Crippen MR) is 50.9 cm³/mol. The standard InChI is InChI=1S/C11H15FO/c1-8(2)5-10-4-3-9(7-13)6-11(10)12/h3-4,6,8,13H,5,7H2,1-2H3. The highest BCUT2D eigenvalue weighted by atomic mass is 19.1. The molecule has 1 aromatic rings. The van der Waals surface area contributed by atoms with Crippen LogP contribution in [0.4, 0.5) is 4.39 Å². The van der Waals surface area contributed by atoms with Gasteiger partial charge in [0.05, 0.1) is 6.61 Å². The second-order valence-electron chi connectivity index (χ2n) is 3.68. The first-order valence-corrected chi connectivity index (χ1v) is 4.51. The summed E-state index contributed by atoms with van der Waals surface area (Å²) >= 11 is 0. The summed E-state index contributed by atoms with van der Waals surface area (Å²) in [6, 6.07) is 4.92. The normalized spacial score (nSPS) is 10.8. The second kappa shape index (κ2) is 4.38. The number of halogens is 1. The Hall–Kier alpha value is -0.890. The molecule has 0 bridgehead atoms. The van der Waals surface area contributed by atoms with Crippen LogP contribution in [0.3, 0.4) is 0 Å². The lowest BCUT2D eigenvalue weighted by Crippen LogP contribution is -1.98. The van der Waals surface area contributed by atoms with Gasteiger partial charge in [-0.1, -0.05) is 26.0 Å². The molecule has 1 rings (SSSR count). The number of rotatable bonds is 3. The Morgan fingerprint density at radius 2 is 2.08 bits per heavy atom. The lowest BCUT2D eigenvalue weighted by Gasteiger charge is -2.07. The minimum atomic E-state index is -0.208. The Bertz CT molecular complexity index is 281. The summed E-state index contributed by atoms with van der Waals surface area (Å²) in [7, 11) is 0. The highest BCUT2D eigenvalue weighted by Gasteiger charge is 2.04. The summed E-state index contributed by atoms with van der Waals surface area (Å²) in [5.41, 5.74) is 1.36. The number of aliphatic hydroxyl groups excluding tert-OH is 1. The Balaban J connectivity index is 2.85. The van der Waals surface area contributed by atoms with Gasteiger partial charge < -0.3 is 5.11 Å². The maximum Gasteiger partial charge on any atom is 0.126 e. The van der Waals surface area contributed by atoms with Crippen LogP contribution in [0.25, 0.3) is 0 Å². The first kappa shape index (κ1) is 10.2. The Morgan fingerprint density at radius 1 is 1.38 bits per heavy atom. The predicted octanol–water partition coefficient (Wildman–Crippen LogP) is 2.52. The fourth-order valence-electron chi connectivity index (χ4n) is 1.29. The number of hydrogen-bond donors (Lipinski definition) is 1. The molecular formula is C11H15FO. The monoisotopic (exact) mass is 182 g/mol. The molecule has 0 radical (unpaired) electrons. The van der Waals surface area contributed by atoms with Crippen LogP contribution in [0, 0.1) is 11.7 Å². The molecule has 1 nitrogen and oxygen atoms in total. The van der Waals surface area contributed by atoms with E-state index < -0.39 is 0 Å². The zero-order valence-electron chi connectivity index (χ0n) is 8.05. The van der Waals surface area contributed by atoms with Gasteiger partial charge in [0, 0.05) is 0 Å². The molecule has 0 aliphatic carbocycles. The van der Waals surface area contributed by atoms with Crippen molar-refractivity contribution in [2.75, 3.05) is 0 Å². The molecule has 0 saturated heterocycles. The van der Waals surface area contributed by atoms with Crippen LogP contribution in [0.1, 0.15) is 25.0 Å². The van der Waals surface area contributed by atoms with Crippen molar-refractivity contribution in [3.8, 4) is 0 Å². The van der Waals surface area contributed by atoms with Gasteiger partial charge in [-0.2, -0.15) is 0 Å². The van der Waals surface area contributed by atoms with Crippen LogP contribution in [-0.2, 0) is 13.0 Å². The molecule has 0 aromatic heterocycles. The van der Waals surface area contributed by atoms with E-state index >= 15 is 0 Å². The van der Waals surface area contributed by atoms with E-state index in [-0.39, 0.29) is 12.4 Å². The second-order valence-corrected chi connectivity index (χ2v) is 3.68. The van der Waals surface area contributed by atoms with Crippen LogP contribution in [0.5, 0.6) is 0 Å². The van der Waals surface area contributed by atoms with Crippen molar-refractivity contribution in [2.45, 2.75) is 26.9 Å². The fraction of sp³-hybridized carbons (Fsp3) is 0.455. The zero-order chi connectivity index (χ0) is 9.84. The lowest BCUT2D eigenvalue weighted by atomic mass is 10.0. The maximum atomic E-state index is 13.3. The number of benzene rings is 1. The largest absolute Gasteiger partial charge is 0.392 e. The molecule has 0 unspecified atom stereocenters. The summed E-state index contributed by atoms with van der Waals surface area (Å²) in [5.74, 6) is 0.245. The molecule has 0 aliphatic heterocycles. The molecule has 72 valence electrons. The van der Waals surface area contributed by atoms with Crippen molar-refractivity contribution < 1.29 is 9.50 Å². The van der Waals surface area contributed by atoms with Crippen molar-refractivity contribution in [1.29, 1.82) is 0 Å². The topological polar surface area (TPSA) is 20.2 Å². The number of hydrogen-bond acceptors (Lipinski definition) is 1. The summed E-state index contributed by atoms with van der Waals surface area (Å²) in [4.78, 5) is 0. The third-order valence-electron chi connectivity index (χ3n) is 1.93. The SMILES string of the molecule is CC(C)Cc1ccc(CO)cc1F. The number of aliphatic hydroxyl groups is 1. The molecule has 0 heterocycles. The maximum absolute atomic E-state index is 13.3. The quantitative estimate of drug-likeness (QED) is 0.761. The summed E-state index contributed by atoms with van der Waals surface area (Å²) < 4.78 is 13.3. The minimum Gasteiger partial charge on any atom is -0.392 e. The van der Waals surface area contributed by atoms with Gasteiger partial charge in [-0.05, 0) is 29.5 Å². The van der Waals surface area contributed by atoms with E-state index in [9.17, 15) is 4.39 Å². The first-order valence-electron chi connectivity index (χ1n) is 4.51. The van der Waals surface area contributed by atoms with Gasteiger partial charge in [0.15, 0.2) is 0 Å². The molecule has 13 heavy (non-hydrogen) atoms. The van der Waals surface area contributed by atoms with E-state index in [1.807, 2.05) is 0 Å². The van der Waals surface area contributed by atoms with Crippen molar-refractivity contribution in [1.82, 2.24) is 0 Å². The Labute approximate surface area is 78.2 Å². The molecule has 0 spiro atoms. The average Bonchev–Trinajstić information content (AvgIpc) is 2.08. The molecule has 0 aliphatic rings. The van der Waals surface area contributed by atoms with Gasteiger partial charge in [0.1, 0.15) is 5.82 Å².